The fourth-order valence-electron chi connectivity index (χ4n) is 6.57. The minimum absolute atomic E-state index is 0.0633. The summed E-state index contributed by atoms with van der Waals surface area (Å²) in [5.74, 6) is 2.04. The van der Waals surface area contributed by atoms with Crippen LogP contribution in [0.5, 0.6) is 0 Å². The summed E-state index contributed by atoms with van der Waals surface area (Å²) in [5, 5.41) is 0. The molecule has 38 heavy (non-hydrogen) atoms. The molecule has 0 spiro atoms. The third-order valence-electron chi connectivity index (χ3n) is 8.64. The average molecular weight is 501 g/mol. The lowest BCUT2D eigenvalue weighted by molar-refractivity contribution is -0.633. The Morgan fingerprint density at radius 1 is 0.789 bits per heavy atom. The van der Waals surface area contributed by atoms with Crippen molar-refractivity contribution < 1.29 is 4.57 Å². The van der Waals surface area contributed by atoms with Crippen molar-refractivity contribution in [3.63, 3.8) is 0 Å². The standard InChI is InChI=1S/C35H38N3/c1-21(2)24-12-11-13-25(22(3)4)33(24)38-32-15-10-9-14-31(32)37(8)34(38)27-19-28-26-16-17-36-20-30(26)35(6,7)29(28)18-23(27)5/h9-22H,1-8H3/q+1. The lowest BCUT2D eigenvalue weighted by atomic mass is 9.82. The van der Waals surface area contributed by atoms with Gasteiger partial charge in [0.1, 0.15) is 5.69 Å². The number of rotatable bonds is 4. The number of pyridine rings is 1. The summed E-state index contributed by atoms with van der Waals surface area (Å²) in [6.45, 7) is 16.1. The van der Waals surface area contributed by atoms with E-state index in [9.17, 15) is 0 Å². The maximum Gasteiger partial charge on any atom is 0.295 e. The molecule has 0 N–H and O–H groups in total. The quantitative estimate of drug-likeness (QED) is 0.227. The number of fused-ring (bicyclic) bond motifs is 4. The molecule has 0 fully saturated rings. The molecule has 5 aromatic rings. The molecule has 0 amide bonds. The van der Waals surface area contributed by atoms with E-state index in [1.165, 1.54) is 67.1 Å². The van der Waals surface area contributed by atoms with E-state index in [0.29, 0.717) is 11.8 Å². The van der Waals surface area contributed by atoms with Crippen molar-refractivity contribution in [2.75, 3.05) is 0 Å². The summed E-state index contributed by atoms with van der Waals surface area (Å²) in [6.07, 6.45) is 3.98. The van der Waals surface area contributed by atoms with Gasteiger partial charge in [0.15, 0.2) is 11.0 Å². The van der Waals surface area contributed by atoms with Crippen LogP contribution in [0, 0.1) is 6.92 Å². The van der Waals surface area contributed by atoms with Gasteiger partial charge in [-0.05, 0) is 70.8 Å². The molecule has 3 heteroatoms. The van der Waals surface area contributed by atoms with E-state index in [0.717, 1.165) is 0 Å². The Labute approximate surface area is 226 Å². The molecule has 3 aromatic carbocycles. The summed E-state index contributed by atoms with van der Waals surface area (Å²) in [4.78, 5) is 4.48. The Kier molecular flexibility index (Phi) is 5.61. The van der Waals surface area contributed by atoms with Crippen LogP contribution >= 0.6 is 0 Å². The monoisotopic (exact) mass is 500 g/mol. The molecule has 1 aliphatic rings. The van der Waals surface area contributed by atoms with Gasteiger partial charge in [-0.15, -0.1) is 0 Å². The fourth-order valence-corrected chi connectivity index (χ4v) is 6.57. The number of nitrogens with zero attached hydrogens (tertiary/aromatic N) is 3. The molecule has 0 bridgehead atoms. The molecular weight excluding hydrogens is 462 g/mol. The second kappa shape index (κ2) is 8.66. The van der Waals surface area contributed by atoms with Gasteiger partial charge in [0.05, 0.1) is 12.6 Å². The molecule has 0 saturated heterocycles. The second-order valence-corrected chi connectivity index (χ2v) is 12.1. The predicted molar refractivity (Wildman–Crippen MR) is 158 cm³/mol. The number of aromatic nitrogens is 3. The molecule has 192 valence electrons. The fraction of sp³-hybridized carbons (Fsp3) is 0.314. The highest BCUT2D eigenvalue weighted by Crippen LogP contribution is 2.50. The summed E-state index contributed by atoms with van der Waals surface area (Å²) in [7, 11) is 2.22. The van der Waals surface area contributed by atoms with E-state index < -0.39 is 0 Å². The van der Waals surface area contributed by atoms with E-state index in [-0.39, 0.29) is 5.41 Å². The third kappa shape index (κ3) is 3.41. The number of hydrogen-bond acceptors (Lipinski definition) is 1. The maximum absolute atomic E-state index is 4.48. The van der Waals surface area contributed by atoms with Crippen molar-refractivity contribution in [3.8, 4) is 28.2 Å². The van der Waals surface area contributed by atoms with Crippen LogP contribution in [0.4, 0.5) is 0 Å². The Balaban J connectivity index is 1.75. The first-order valence-electron chi connectivity index (χ1n) is 13.9. The average Bonchev–Trinajstić information content (AvgIpc) is 3.31. The van der Waals surface area contributed by atoms with E-state index >= 15 is 0 Å². The molecule has 2 heterocycles. The Morgan fingerprint density at radius 3 is 2.16 bits per heavy atom. The van der Waals surface area contributed by atoms with E-state index in [4.69, 9.17) is 0 Å². The Morgan fingerprint density at radius 2 is 1.47 bits per heavy atom. The van der Waals surface area contributed by atoms with Crippen molar-refractivity contribution in [1.29, 1.82) is 0 Å². The zero-order valence-electron chi connectivity index (χ0n) is 23.9. The third-order valence-corrected chi connectivity index (χ3v) is 8.64. The van der Waals surface area contributed by atoms with Crippen LogP contribution < -0.4 is 4.57 Å². The van der Waals surface area contributed by atoms with Gasteiger partial charge in [-0.2, -0.15) is 4.57 Å². The van der Waals surface area contributed by atoms with Gasteiger partial charge in [-0.1, -0.05) is 77.9 Å². The smallest absolute Gasteiger partial charge is 0.264 e. The van der Waals surface area contributed by atoms with Crippen LogP contribution in [-0.2, 0) is 12.5 Å². The summed E-state index contributed by atoms with van der Waals surface area (Å²) in [5.41, 5.74) is 14.4. The SMILES string of the molecule is Cc1cc2c(cc1-c1n(-c3c(C(C)C)cccc3C(C)C)c3ccccc3[n+]1C)-c1ccncc1C2(C)C. The number of imidazole rings is 1. The molecule has 0 radical (unpaired) electrons. The number of aryl methyl sites for hydroxylation is 2. The maximum atomic E-state index is 4.48. The second-order valence-electron chi connectivity index (χ2n) is 12.1. The number of hydrogen-bond donors (Lipinski definition) is 0. The van der Waals surface area contributed by atoms with E-state index in [1.807, 2.05) is 6.20 Å². The highest BCUT2D eigenvalue weighted by molar-refractivity contribution is 5.86. The van der Waals surface area contributed by atoms with Gasteiger partial charge >= 0.3 is 0 Å². The van der Waals surface area contributed by atoms with Gasteiger partial charge in [0.25, 0.3) is 5.82 Å². The summed E-state index contributed by atoms with van der Waals surface area (Å²) >= 11 is 0. The van der Waals surface area contributed by atoms with Gasteiger partial charge in [-0.3, -0.25) is 4.98 Å². The lowest BCUT2D eigenvalue weighted by Gasteiger charge is -2.22. The summed E-state index contributed by atoms with van der Waals surface area (Å²) in [6, 6.07) is 22.7. The largest absolute Gasteiger partial charge is 0.295 e. The highest BCUT2D eigenvalue weighted by Gasteiger charge is 2.38. The number of benzene rings is 3. The minimum Gasteiger partial charge on any atom is -0.264 e. The molecule has 0 saturated carbocycles. The minimum atomic E-state index is -0.0633. The first-order valence-corrected chi connectivity index (χ1v) is 13.9. The van der Waals surface area contributed by atoms with E-state index in [2.05, 4.69) is 136 Å². The topological polar surface area (TPSA) is 21.7 Å². The normalized spacial score (nSPS) is 13.9. The van der Waals surface area contributed by atoms with Crippen molar-refractivity contribution in [2.45, 2.75) is 65.7 Å². The molecular formula is C35H38N3+. The molecule has 0 unspecified atom stereocenters. The van der Waals surface area contributed by atoms with Crippen LogP contribution in [0.25, 0.3) is 39.2 Å². The van der Waals surface area contributed by atoms with Crippen molar-refractivity contribution in [2.24, 2.45) is 7.05 Å². The van der Waals surface area contributed by atoms with Crippen LogP contribution in [0.2, 0.25) is 0 Å². The van der Waals surface area contributed by atoms with E-state index in [1.54, 1.807) is 0 Å². The van der Waals surface area contributed by atoms with Crippen LogP contribution in [0.15, 0.2) is 73.1 Å². The molecule has 0 atom stereocenters. The van der Waals surface area contributed by atoms with Gasteiger partial charge in [0, 0.05) is 28.9 Å². The molecule has 2 aromatic heterocycles. The number of para-hydroxylation sites is 3. The molecule has 3 nitrogen and oxygen atoms in total. The van der Waals surface area contributed by atoms with Crippen LogP contribution in [0.1, 0.15) is 81.2 Å². The molecule has 6 rings (SSSR count). The highest BCUT2D eigenvalue weighted by atomic mass is 15.2. The Hall–Kier alpha value is -3.72. The van der Waals surface area contributed by atoms with Crippen LogP contribution in [0.3, 0.4) is 0 Å². The summed E-state index contributed by atoms with van der Waals surface area (Å²) < 4.78 is 4.93. The first kappa shape index (κ1) is 24.6. The zero-order valence-corrected chi connectivity index (χ0v) is 23.9. The molecule has 0 aliphatic heterocycles. The van der Waals surface area contributed by atoms with Crippen LogP contribution in [-0.4, -0.2) is 9.55 Å². The Bertz CT molecular complexity index is 1690. The first-order chi connectivity index (χ1) is 18.1. The van der Waals surface area contributed by atoms with Gasteiger partial charge < -0.3 is 0 Å². The lowest BCUT2D eigenvalue weighted by Crippen LogP contribution is -2.30. The molecule has 1 aliphatic carbocycles. The van der Waals surface area contributed by atoms with Gasteiger partial charge in [-0.25, -0.2) is 4.57 Å². The predicted octanol–water partition coefficient (Wildman–Crippen LogP) is 8.38. The zero-order chi connectivity index (χ0) is 26.9. The van der Waals surface area contributed by atoms with Crippen molar-refractivity contribution in [3.05, 3.63) is 101 Å². The van der Waals surface area contributed by atoms with Crippen molar-refractivity contribution >= 4 is 11.0 Å². The van der Waals surface area contributed by atoms with Gasteiger partial charge in [0.2, 0.25) is 0 Å². The van der Waals surface area contributed by atoms with Crippen molar-refractivity contribution in [1.82, 2.24) is 9.55 Å².